The zero-order chi connectivity index (χ0) is 21.9. The van der Waals surface area contributed by atoms with E-state index >= 15 is 0 Å². The lowest BCUT2D eigenvalue weighted by atomic mass is 9.55. The van der Waals surface area contributed by atoms with Crippen molar-refractivity contribution < 1.29 is 19.0 Å². The highest BCUT2D eigenvalue weighted by atomic mass is 16.5. The molecule has 3 aliphatic rings. The first-order valence-electron chi connectivity index (χ1n) is 10.8. The lowest BCUT2D eigenvalue weighted by molar-refractivity contribution is -0.247. The van der Waals surface area contributed by atoms with Crippen LogP contribution in [0.15, 0.2) is 35.5 Å². The predicted molar refractivity (Wildman–Crippen MR) is 114 cm³/mol. The summed E-state index contributed by atoms with van der Waals surface area (Å²) in [5.74, 6) is 0.723. The summed E-state index contributed by atoms with van der Waals surface area (Å²) in [7, 11) is 0. The van der Waals surface area contributed by atoms with Crippen LogP contribution >= 0.6 is 0 Å². The maximum Gasteiger partial charge on any atom is 0.283 e. The number of nitrogens with zero attached hydrogens (tertiary/aromatic N) is 3. The van der Waals surface area contributed by atoms with Gasteiger partial charge < -0.3 is 19.9 Å². The molecule has 0 amide bonds. The van der Waals surface area contributed by atoms with Crippen LogP contribution in [-0.4, -0.2) is 47.0 Å². The molecule has 2 spiro atoms. The highest BCUT2D eigenvalue weighted by Crippen LogP contribution is 2.62. The topological polar surface area (TPSA) is 101 Å². The van der Waals surface area contributed by atoms with Gasteiger partial charge in [0, 0.05) is 24.7 Å². The summed E-state index contributed by atoms with van der Waals surface area (Å²) in [6.07, 6.45) is 3.07. The number of ketones is 1. The fourth-order valence-corrected chi connectivity index (χ4v) is 5.07. The standard InChI is InChI=1S/C23H28N4O4/c1-4-8-27-9-7-17(26-27)18(28)11-15-5-6-19-16(10-15)23(14-30-20(24)25-23)22(12-29-13-22)21(2,3)31-19/h5-7,9-10H,4,8,11-14H2,1-3H3,(H2,24,25). The van der Waals surface area contributed by atoms with Crippen molar-refractivity contribution in [3.8, 4) is 5.75 Å². The van der Waals surface area contributed by atoms with E-state index in [9.17, 15) is 4.79 Å². The molecule has 0 bridgehead atoms. The first-order valence-corrected chi connectivity index (χ1v) is 10.8. The van der Waals surface area contributed by atoms with Crippen LogP contribution in [0.3, 0.4) is 0 Å². The Hall–Kier alpha value is -2.87. The van der Waals surface area contributed by atoms with E-state index in [1.54, 1.807) is 10.7 Å². The van der Waals surface area contributed by atoms with Crippen molar-refractivity contribution in [1.82, 2.24) is 9.78 Å². The third-order valence-corrected chi connectivity index (χ3v) is 6.97. The van der Waals surface area contributed by atoms with Gasteiger partial charge in [-0.25, -0.2) is 4.99 Å². The van der Waals surface area contributed by atoms with E-state index in [2.05, 4.69) is 25.9 Å². The fourth-order valence-electron chi connectivity index (χ4n) is 5.07. The van der Waals surface area contributed by atoms with Crippen LogP contribution in [0.2, 0.25) is 0 Å². The van der Waals surface area contributed by atoms with Crippen LogP contribution < -0.4 is 10.5 Å². The minimum absolute atomic E-state index is 0.0201. The first kappa shape index (κ1) is 20.1. The van der Waals surface area contributed by atoms with Gasteiger partial charge in [-0.1, -0.05) is 13.0 Å². The van der Waals surface area contributed by atoms with Gasteiger partial charge in [0.05, 0.1) is 18.6 Å². The van der Waals surface area contributed by atoms with E-state index in [1.807, 2.05) is 24.4 Å². The van der Waals surface area contributed by atoms with Gasteiger partial charge in [0.25, 0.3) is 6.02 Å². The molecule has 3 aliphatic heterocycles. The van der Waals surface area contributed by atoms with Crippen molar-refractivity contribution in [2.24, 2.45) is 16.1 Å². The maximum absolute atomic E-state index is 12.9. The molecular weight excluding hydrogens is 396 g/mol. The summed E-state index contributed by atoms with van der Waals surface area (Å²) in [6.45, 7) is 8.36. The number of rotatable bonds is 5. The molecule has 1 fully saturated rings. The molecule has 2 aromatic rings. The Morgan fingerprint density at radius 2 is 2.03 bits per heavy atom. The molecule has 2 N–H and O–H groups in total. The molecule has 1 atom stereocenters. The average molecular weight is 425 g/mol. The molecule has 1 unspecified atom stereocenters. The minimum atomic E-state index is -0.700. The number of ether oxygens (including phenoxy) is 3. The Balaban J connectivity index is 1.52. The maximum atomic E-state index is 12.9. The number of aryl methyl sites for hydroxylation is 1. The first-order chi connectivity index (χ1) is 14.8. The molecule has 0 aliphatic carbocycles. The molecular formula is C23H28N4O4. The second-order valence-corrected chi connectivity index (χ2v) is 9.18. The number of Topliss-reactive ketones (excluding diaryl/α,β-unsaturated/α-hetero) is 1. The number of hydrogen-bond acceptors (Lipinski definition) is 7. The van der Waals surface area contributed by atoms with Crippen molar-refractivity contribution in [2.75, 3.05) is 19.8 Å². The lowest BCUT2D eigenvalue weighted by Crippen LogP contribution is -2.71. The van der Waals surface area contributed by atoms with Crippen LogP contribution in [0.25, 0.3) is 0 Å². The number of aromatic nitrogens is 2. The molecule has 1 aromatic carbocycles. The average Bonchev–Trinajstić information content (AvgIpc) is 3.29. The number of hydrogen-bond donors (Lipinski definition) is 1. The van der Waals surface area contributed by atoms with Crippen molar-refractivity contribution in [3.63, 3.8) is 0 Å². The number of carbonyl (C=O) groups is 1. The predicted octanol–water partition coefficient (Wildman–Crippen LogP) is 2.45. The van der Waals surface area contributed by atoms with Gasteiger partial charge >= 0.3 is 0 Å². The van der Waals surface area contributed by atoms with Gasteiger partial charge in [-0.15, -0.1) is 0 Å². The van der Waals surface area contributed by atoms with Crippen LogP contribution in [-0.2, 0) is 28.0 Å². The Bertz CT molecular complexity index is 1070. The zero-order valence-electron chi connectivity index (χ0n) is 18.2. The molecule has 8 heteroatoms. The molecule has 0 saturated carbocycles. The van der Waals surface area contributed by atoms with E-state index in [-0.39, 0.29) is 18.2 Å². The second kappa shape index (κ2) is 6.82. The molecule has 0 radical (unpaired) electrons. The van der Waals surface area contributed by atoms with E-state index in [0.29, 0.717) is 25.5 Å². The third-order valence-electron chi connectivity index (χ3n) is 6.97. The van der Waals surface area contributed by atoms with Gasteiger partial charge in [-0.05, 0) is 44.0 Å². The van der Waals surface area contributed by atoms with Crippen LogP contribution in [0.5, 0.6) is 5.75 Å². The number of carbonyl (C=O) groups excluding carboxylic acids is 1. The number of benzene rings is 1. The van der Waals surface area contributed by atoms with Crippen LogP contribution in [0.4, 0.5) is 0 Å². The van der Waals surface area contributed by atoms with Crippen molar-refractivity contribution in [1.29, 1.82) is 0 Å². The van der Waals surface area contributed by atoms with E-state index in [4.69, 9.17) is 24.9 Å². The molecule has 5 rings (SSSR count). The lowest BCUT2D eigenvalue weighted by Gasteiger charge is -2.61. The van der Waals surface area contributed by atoms with Gasteiger partial charge in [0.1, 0.15) is 29.2 Å². The Kier molecular flexibility index (Phi) is 4.41. The van der Waals surface area contributed by atoms with Crippen LogP contribution in [0.1, 0.15) is 48.8 Å². The molecule has 8 nitrogen and oxygen atoms in total. The monoisotopic (exact) mass is 424 g/mol. The van der Waals surface area contributed by atoms with Crippen LogP contribution in [0, 0.1) is 5.41 Å². The molecule has 4 heterocycles. The number of fused-ring (bicyclic) bond motifs is 3. The molecule has 31 heavy (non-hydrogen) atoms. The summed E-state index contributed by atoms with van der Waals surface area (Å²) in [5, 5.41) is 4.40. The summed E-state index contributed by atoms with van der Waals surface area (Å²) in [6, 6.07) is 7.82. The smallest absolute Gasteiger partial charge is 0.283 e. The van der Waals surface area contributed by atoms with Gasteiger partial charge in [-0.3, -0.25) is 9.48 Å². The second-order valence-electron chi connectivity index (χ2n) is 9.18. The minimum Gasteiger partial charge on any atom is -0.487 e. The normalized spacial score (nSPS) is 24.8. The summed E-state index contributed by atoms with van der Waals surface area (Å²) in [5.41, 5.74) is 6.64. The Morgan fingerprint density at radius 1 is 1.23 bits per heavy atom. The fraction of sp³-hybridized carbons (Fsp3) is 0.522. The van der Waals surface area contributed by atoms with Crippen molar-refractivity contribution in [2.45, 2.75) is 51.3 Å². The highest BCUT2D eigenvalue weighted by molar-refractivity contribution is 5.95. The SMILES string of the molecule is CCCn1ccc(C(=O)Cc2ccc3c(c2)C2(COC(N)=N2)C2(COC2)C(C)(C)O3)n1. The molecule has 1 aromatic heterocycles. The van der Waals surface area contributed by atoms with Crippen molar-refractivity contribution >= 4 is 11.8 Å². The van der Waals surface area contributed by atoms with E-state index in [0.717, 1.165) is 29.8 Å². The summed E-state index contributed by atoms with van der Waals surface area (Å²) in [4.78, 5) is 17.7. The molecule has 164 valence electrons. The van der Waals surface area contributed by atoms with E-state index < -0.39 is 16.6 Å². The highest BCUT2D eigenvalue weighted by Gasteiger charge is 2.71. The largest absolute Gasteiger partial charge is 0.487 e. The number of nitrogens with two attached hydrogens (primary N) is 1. The summed E-state index contributed by atoms with van der Waals surface area (Å²) >= 11 is 0. The van der Waals surface area contributed by atoms with Gasteiger partial charge in [0.2, 0.25) is 0 Å². The van der Waals surface area contributed by atoms with Gasteiger partial charge in [0.15, 0.2) is 5.78 Å². The van der Waals surface area contributed by atoms with Gasteiger partial charge in [-0.2, -0.15) is 5.10 Å². The van der Waals surface area contributed by atoms with Crippen molar-refractivity contribution in [3.05, 3.63) is 47.3 Å². The Labute approximate surface area is 181 Å². The summed E-state index contributed by atoms with van der Waals surface area (Å²) < 4.78 is 19.6. The molecule has 1 saturated heterocycles. The zero-order valence-corrected chi connectivity index (χ0v) is 18.2. The number of amidine groups is 1. The van der Waals surface area contributed by atoms with E-state index in [1.165, 1.54) is 0 Å². The Morgan fingerprint density at radius 3 is 2.68 bits per heavy atom. The quantitative estimate of drug-likeness (QED) is 0.740. The number of aliphatic imine (C=N–C) groups is 1. The third kappa shape index (κ3) is 2.81.